The number of halogens is 1. The Morgan fingerprint density at radius 2 is 2.10 bits per heavy atom. The molecular formula is C18H23BINO8. The molecule has 1 aliphatic heterocycles. The molecule has 0 radical (unpaired) electrons. The lowest BCUT2D eigenvalue weighted by Gasteiger charge is -2.29. The van der Waals surface area contributed by atoms with E-state index in [1.54, 1.807) is 12.1 Å². The number of benzene rings is 1. The first-order chi connectivity index (χ1) is 14.0. The van der Waals surface area contributed by atoms with Crippen LogP contribution >= 0.6 is 22.6 Å². The Kier molecular flexibility index (Phi) is 9.51. The second-order valence-electron chi connectivity index (χ2n) is 6.27. The van der Waals surface area contributed by atoms with Crippen LogP contribution in [0.4, 0.5) is 4.79 Å². The summed E-state index contributed by atoms with van der Waals surface area (Å²) in [6.45, 7) is 1.50. The lowest BCUT2D eigenvalue weighted by molar-refractivity contribution is -0.121. The maximum Gasteiger partial charge on any atom is 0.547 e. The molecule has 0 saturated carbocycles. The summed E-state index contributed by atoms with van der Waals surface area (Å²) in [4.78, 5) is 35.5. The summed E-state index contributed by atoms with van der Waals surface area (Å²) in [5.74, 6) is -1.40. The summed E-state index contributed by atoms with van der Waals surface area (Å²) in [6, 6.07) is 4.85. The molecule has 0 unspecified atom stereocenters. The Morgan fingerprint density at radius 3 is 2.83 bits per heavy atom. The van der Waals surface area contributed by atoms with Gasteiger partial charge in [0.1, 0.15) is 11.3 Å². The van der Waals surface area contributed by atoms with Crippen molar-refractivity contribution < 1.29 is 38.3 Å². The monoisotopic (exact) mass is 519 g/mol. The molecule has 9 nitrogen and oxygen atoms in total. The number of alkyl halides is 1. The van der Waals surface area contributed by atoms with Crippen LogP contribution in [0.25, 0.3) is 0 Å². The first-order valence-corrected chi connectivity index (χ1v) is 10.8. The van der Waals surface area contributed by atoms with Crippen LogP contribution in [-0.2, 0) is 25.4 Å². The van der Waals surface area contributed by atoms with Crippen LogP contribution in [0.5, 0.6) is 5.75 Å². The third kappa shape index (κ3) is 7.07. The SMILES string of the molecule is CCCC(=O)N[C@H]1Cc2cccc(C(=O)OCOC(=O)OCCCI)c2OB1O. The van der Waals surface area contributed by atoms with E-state index in [2.05, 4.69) is 32.6 Å². The van der Waals surface area contributed by atoms with Gasteiger partial charge in [-0.25, -0.2) is 9.59 Å². The number of rotatable bonds is 9. The highest BCUT2D eigenvalue weighted by Crippen LogP contribution is 2.30. The van der Waals surface area contributed by atoms with Crippen LogP contribution in [0.15, 0.2) is 18.2 Å². The van der Waals surface area contributed by atoms with E-state index in [1.807, 2.05) is 6.92 Å². The third-order valence-electron chi connectivity index (χ3n) is 4.03. The molecule has 29 heavy (non-hydrogen) atoms. The molecular weight excluding hydrogens is 496 g/mol. The molecule has 158 valence electrons. The Morgan fingerprint density at radius 1 is 1.31 bits per heavy atom. The number of amides is 1. The van der Waals surface area contributed by atoms with E-state index in [9.17, 15) is 19.4 Å². The fourth-order valence-electron chi connectivity index (χ4n) is 2.68. The average molecular weight is 519 g/mol. The van der Waals surface area contributed by atoms with Gasteiger partial charge in [0.2, 0.25) is 12.7 Å². The molecule has 0 saturated heterocycles. The van der Waals surface area contributed by atoms with Crippen molar-refractivity contribution >= 4 is 47.7 Å². The number of ether oxygens (including phenoxy) is 3. The molecule has 0 fully saturated rings. The zero-order valence-corrected chi connectivity index (χ0v) is 18.2. The van der Waals surface area contributed by atoms with Crippen molar-refractivity contribution in [2.24, 2.45) is 0 Å². The van der Waals surface area contributed by atoms with Crippen molar-refractivity contribution in [1.29, 1.82) is 0 Å². The van der Waals surface area contributed by atoms with Crippen molar-refractivity contribution in [3.63, 3.8) is 0 Å². The van der Waals surface area contributed by atoms with Crippen molar-refractivity contribution in [3.05, 3.63) is 29.3 Å². The summed E-state index contributed by atoms with van der Waals surface area (Å²) in [6.07, 6.45) is 1.12. The minimum atomic E-state index is -1.30. The number of hydrogen-bond acceptors (Lipinski definition) is 8. The maximum atomic E-state index is 12.3. The highest BCUT2D eigenvalue weighted by Gasteiger charge is 2.37. The van der Waals surface area contributed by atoms with Crippen molar-refractivity contribution in [3.8, 4) is 5.75 Å². The highest BCUT2D eigenvalue weighted by atomic mass is 127. The molecule has 2 rings (SSSR count). The number of para-hydroxylation sites is 1. The van der Waals surface area contributed by atoms with Crippen LogP contribution in [0.1, 0.15) is 42.1 Å². The molecule has 0 spiro atoms. The van der Waals surface area contributed by atoms with E-state index >= 15 is 0 Å². The van der Waals surface area contributed by atoms with E-state index < -0.39 is 32.0 Å². The van der Waals surface area contributed by atoms with Crippen molar-refractivity contribution in [2.75, 3.05) is 17.8 Å². The summed E-state index contributed by atoms with van der Waals surface area (Å²) in [5.41, 5.74) is 0.729. The zero-order chi connectivity index (χ0) is 21.2. The Bertz CT molecular complexity index is 732. The molecule has 1 aliphatic rings. The van der Waals surface area contributed by atoms with Crippen LogP contribution in [0, 0.1) is 0 Å². The van der Waals surface area contributed by atoms with Crippen LogP contribution in [0.3, 0.4) is 0 Å². The van der Waals surface area contributed by atoms with E-state index in [1.165, 1.54) is 6.07 Å². The molecule has 1 atom stereocenters. The number of nitrogens with one attached hydrogen (secondary N) is 1. The summed E-state index contributed by atoms with van der Waals surface area (Å²) < 4.78 is 20.7. The highest BCUT2D eigenvalue weighted by molar-refractivity contribution is 14.1. The molecule has 1 aromatic carbocycles. The average Bonchev–Trinajstić information content (AvgIpc) is 2.68. The zero-order valence-electron chi connectivity index (χ0n) is 16.0. The lowest BCUT2D eigenvalue weighted by atomic mass is 9.72. The number of esters is 1. The number of carbonyl (C=O) groups excluding carboxylic acids is 3. The van der Waals surface area contributed by atoms with Crippen LogP contribution in [0.2, 0.25) is 0 Å². The molecule has 0 aromatic heterocycles. The van der Waals surface area contributed by atoms with Crippen LogP contribution < -0.4 is 9.97 Å². The minimum Gasteiger partial charge on any atom is -0.534 e. The number of fused-ring (bicyclic) bond motifs is 1. The fourth-order valence-corrected chi connectivity index (χ4v) is 2.99. The Labute approximate surface area is 182 Å². The Balaban J connectivity index is 1.94. The van der Waals surface area contributed by atoms with E-state index in [0.29, 0.717) is 31.2 Å². The van der Waals surface area contributed by atoms with Gasteiger partial charge in [0.05, 0.1) is 12.5 Å². The summed E-state index contributed by atoms with van der Waals surface area (Å²) >= 11 is 2.16. The maximum absolute atomic E-state index is 12.3. The van der Waals surface area contributed by atoms with Gasteiger partial charge in [0, 0.05) is 10.8 Å². The quantitative estimate of drug-likeness (QED) is 0.127. The third-order valence-corrected chi connectivity index (χ3v) is 4.79. The lowest BCUT2D eigenvalue weighted by Crippen LogP contribution is -2.53. The van der Waals surface area contributed by atoms with Gasteiger partial charge in [0.25, 0.3) is 0 Å². The topological polar surface area (TPSA) is 120 Å². The second-order valence-corrected chi connectivity index (χ2v) is 7.34. The molecule has 0 aliphatic carbocycles. The molecule has 1 amide bonds. The molecule has 2 N–H and O–H groups in total. The number of carbonyl (C=O) groups is 3. The minimum absolute atomic E-state index is 0.0850. The Hall–Kier alpha value is -2.02. The van der Waals surface area contributed by atoms with Gasteiger partial charge in [-0.3, -0.25) is 4.79 Å². The second kappa shape index (κ2) is 11.9. The van der Waals surface area contributed by atoms with Gasteiger partial charge in [-0.05, 0) is 30.9 Å². The van der Waals surface area contributed by atoms with Gasteiger partial charge in [-0.1, -0.05) is 41.6 Å². The smallest absolute Gasteiger partial charge is 0.534 e. The molecule has 1 aromatic rings. The van der Waals surface area contributed by atoms with Crippen molar-refractivity contribution in [2.45, 2.75) is 38.5 Å². The van der Waals surface area contributed by atoms with Gasteiger partial charge in [-0.15, -0.1) is 0 Å². The van der Waals surface area contributed by atoms with Crippen molar-refractivity contribution in [1.82, 2.24) is 5.32 Å². The summed E-state index contributed by atoms with van der Waals surface area (Å²) in [7, 11) is -1.30. The van der Waals surface area contributed by atoms with E-state index in [-0.39, 0.29) is 23.8 Å². The predicted octanol–water partition coefficient (Wildman–Crippen LogP) is 2.02. The van der Waals surface area contributed by atoms with E-state index in [4.69, 9.17) is 14.1 Å². The largest absolute Gasteiger partial charge is 0.547 e. The number of hydrogen-bond donors (Lipinski definition) is 2. The fraction of sp³-hybridized carbons (Fsp3) is 0.500. The standard InChI is InChI=1S/C18H23BINO8/c1-2-5-15(22)21-14-10-12-6-3-7-13(16(12)29-19(14)25)17(23)27-11-28-18(24)26-9-4-8-20/h3,6-7,14,25H,2,4-5,8-11H2,1H3,(H,21,22)/t14-/m0/s1. The van der Waals surface area contributed by atoms with Crippen LogP contribution in [-0.4, -0.2) is 53.9 Å². The first kappa shape index (κ1) is 23.3. The van der Waals surface area contributed by atoms with Gasteiger partial charge in [-0.2, -0.15) is 0 Å². The van der Waals surface area contributed by atoms with E-state index in [0.717, 1.165) is 4.43 Å². The first-order valence-electron chi connectivity index (χ1n) is 9.24. The molecule has 1 heterocycles. The molecule has 0 bridgehead atoms. The normalized spacial score (nSPS) is 15.0. The van der Waals surface area contributed by atoms with Gasteiger partial charge in [0.15, 0.2) is 0 Å². The summed E-state index contributed by atoms with van der Waals surface area (Å²) in [5, 5.41) is 12.9. The van der Waals surface area contributed by atoms with Gasteiger partial charge < -0.3 is 29.2 Å². The predicted molar refractivity (Wildman–Crippen MR) is 112 cm³/mol. The van der Waals surface area contributed by atoms with Gasteiger partial charge >= 0.3 is 19.2 Å². The molecule has 11 heteroatoms.